The lowest BCUT2D eigenvalue weighted by atomic mass is 9.98. The minimum atomic E-state index is -4.98. The van der Waals surface area contributed by atoms with Crippen LogP contribution >= 0.6 is 11.3 Å². The number of unbranched alkanes of at least 4 members (excludes halogenated alkanes) is 1. The van der Waals surface area contributed by atoms with Gasteiger partial charge < -0.3 is 32.0 Å². The molecule has 2 aromatic rings. The SMILES string of the molecule is NCCCCNCc1cnn(CC2C(NC(=O)C(=NOC3(C(=O)O)CC3)c3csc(N)n3)C(=O)N2S(=O)(=O)O)n1. The zero-order chi connectivity index (χ0) is 29.1. The van der Waals surface area contributed by atoms with E-state index in [0.29, 0.717) is 25.3 Å². The maximum atomic E-state index is 13.2. The third-order valence-electron chi connectivity index (χ3n) is 6.14. The number of hydrogen-bond donors (Lipinski definition) is 6. The zero-order valence-electron chi connectivity index (χ0n) is 21.0. The molecule has 18 nitrogen and oxygen atoms in total. The third kappa shape index (κ3) is 6.53. The van der Waals surface area contributed by atoms with Crippen LogP contribution in [0.4, 0.5) is 5.13 Å². The number of hydrogen-bond acceptors (Lipinski definition) is 14. The van der Waals surface area contributed by atoms with Crippen molar-refractivity contribution in [3.05, 3.63) is 23.0 Å². The Morgan fingerprint density at radius 3 is 2.67 bits per heavy atom. The van der Waals surface area contributed by atoms with Crippen LogP contribution in [0.2, 0.25) is 0 Å². The highest BCUT2D eigenvalue weighted by molar-refractivity contribution is 7.84. The van der Waals surface area contributed by atoms with E-state index in [9.17, 15) is 32.5 Å². The van der Waals surface area contributed by atoms with E-state index in [1.807, 2.05) is 0 Å². The summed E-state index contributed by atoms with van der Waals surface area (Å²) in [6, 6.07) is -2.73. The average molecular weight is 601 g/mol. The van der Waals surface area contributed by atoms with E-state index < -0.39 is 51.5 Å². The van der Waals surface area contributed by atoms with Gasteiger partial charge in [0.05, 0.1) is 18.4 Å². The normalized spacial score (nSPS) is 20.2. The van der Waals surface area contributed by atoms with Crippen molar-refractivity contribution in [2.24, 2.45) is 10.9 Å². The maximum absolute atomic E-state index is 13.2. The fraction of sp³-hybridized carbons (Fsp3) is 0.550. The molecule has 2 unspecified atom stereocenters. The summed E-state index contributed by atoms with van der Waals surface area (Å²) in [7, 11) is -4.98. The second kappa shape index (κ2) is 11.8. The first-order valence-corrected chi connectivity index (χ1v) is 14.3. The summed E-state index contributed by atoms with van der Waals surface area (Å²) in [4.78, 5) is 47.5. The predicted octanol–water partition coefficient (Wildman–Crippen LogP) is -2.32. The number of carboxylic acid groups (broad SMARTS) is 1. The van der Waals surface area contributed by atoms with Crippen LogP contribution in [-0.4, -0.2) is 96.6 Å². The number of carbonyl (C=O) groups is 3. The molecule has 40 heavy (non-hydrogen) atoms. The number of amides is 2. The van der Waals surface area contributed by atoms with E-state index in [-0.39, 0.29) is 34.5 Å². The number of nitrogen functional groups attached to an aromatic ring is 1. The summed E-state index contributed by atoms with van der Waals surface area (Å²) in [5, 5.41) is 28.3. The fourth-order valence-corrected chi connectivity index (χ4v) is 5.24. The highest BCUT2D eigenvalue weighted by atomic mass is 32.2. The van der Waals surface area contributed by atoms with Gasteiger partial charge in [0.1, 0.15) is 17.8 Å². The van der Waals surface area contributed by atoms with Crippen LogP contribution in [0, 0.1) is 0 Å². The first-order chi connectivity index (χ1) is 18.9. The number of nitrogens with two attached hydrogens (primary N) is 2. The predicted molar refractivity (Wildman–Crippen MR) is 138 cm³/mol. The van der Waals surface area contributed by atoms with E-state index in [1.54, 1.807) is 0 Å². The standard InChI is InChI=1S/C20H28N10O8S2/c21-5-1-2-6-23-7-11-8-24-29(27-11)9-13-15(17(32)30(13)40(35,36)37)26-16(31)14(12-10-39-19(22)25-12)28-38-20(3-4-20)18(33)34/h8,10,13,15,23H,1-7,9,21H2,(H2,22,25)(H,26,31)(H,33,34)(H,35,36,37). The largest absolute Gasteiger partial charge is 0.478 e. The molecular formula is C20H28N10O8S2. The summed E-state index contributed by atoms with van der Waals surface area (Å²) < 4.78 is 33.6. The third-order valence-corrected chi connectivity index (χ3v) is 7.76. The summed E-state index contributed by atoms with van der Waals surface area (Å²) in [6.45, 7) is 1.38. The van der Waals surface area contributed by atoms with Gasteiger partial charge in [-0.3, -0.25) is 14.1 Å². The van der Waals surface area contributed by atoms with E-state index in [0.717, 1.165) is 29.0 Å². The van der Waals surface area contributed by atoms with Gasteiger partial charge in [-0.1, -0.05) is 5.16 Å². The van der Waals surface area contributed by atoms with E-state index in [4.69, 9.17) is 16.3 Å². The van der Waals surface area contributed by atoms with Crippen LogP contribution in [0.3, 0.4) is 0 Å². The van der Waals surface area contributed by atoms with Crippen molar-refractivity contribution in [2.45, 2.75) is 56.5 Å². The van der Waals surface area contributed by atoms with E-state index >= 15 is 0 Å². The van der Waals surface area contributed by atoms with Crippen molar-refractivity contribution >= 4 is 50.3 Å². The molecule has 3 heterocycles. The van der Waals surface area contributed by atoms with Gasteiger partial charge in [-0.15, -0.1) is 11.3 Å². The molecule has 2 aromatic heterocycles. The van der Waals surface area contributed by atoms with Crippen molar-refractivity contribution in [1.29, 1.82) is 0 Å². The molecule has 1 aliphatic carbocycles. The van der Waals surface area contributed by atoms with Crippen molar-refractivity contribution in [2.75, 3.05) is 18.8 Å². The van der Waals surface area contributed by atoms with Gasteiger partial charge >= 0.3 is 16.3 Å². The molecule has 0 aromatic carbocycles. The molecule has 2 fully saturated rings. The topological polar surface area (TPSA) is 270 Å². The smallest absolute Gasteiger partial charge is 0.362 e. The molecule has 0 radical (unpaired) electrons. The number of aromatic nitrogens is 4. The number of thiazole rings is 1. The number of nitrogens with one attached hydrogen (secondary N) is 2. The molecular weight excluding hydrogens is 572 g/mol. The van der Waals surface area contributed by atoms with Gasteiger partial charge in [-0.25, -0.2) is 14.1 Å². The number of aliphatic carboxylic acids is 1. The van der Waals surface area contributed by atoms with E-state index in [2.05, 4.69) is 31.0 Å². The molecule has 1 saturated heterocycles. The average Bonchev–Trinajstić information content (AvgIpc) is 3.36. The highest BCUT2D eigenvalue weighted by Crippen LogP contribution is 2.40. The minimum absolute atomic E-state index is 0.0477. The Balaban J connectivity index is 1.49. The maximum Gasteiger partial charge on any atom is 0.362 e. The number of oxime groups is 1. The fourth-order valence-electron chi connectivity index (χ4n) is 3.82. The molecule has 0 spiro atoms. The lowest BCUT2D eigenvalue weighted by molar-refractivity contribution is -0.153. The van der Waals surface area contributed by atoms with Crippen molar-refractivity contribution in [1.82, 2.24) is 34.9 Å². The Morgan fingerprint density at radius 2 is 2.08 bits per heavy atom. The summed E-state index contributed by atoms with van der Waals surface area (Å²) in [5.74, 6) is -3.39. The van der Waals surface area contributed by atoms with Gasteiger partial charge in [0.15, 0.2) is 10.8 Å². The van der Waals surface area contributed by atoms with Crippen molar-refractivity contribution in [3.8, 4) is 0 Å². The summed E-state index contributed by atoms with van der Waals surface area (Å²) in [5.41, 5.74) is 9.56. The Morgan fingerprint density at radius 1 is 1.32 bits per heavy atom. The number of anilines is 1. The number of carboxylic acids is 1. The van der Waals surface area contributed by atoms with Crippen LogP contribution in [0.25, 0.3) is 0 Å². The quantitative estimate of drug-likeness (QED) is 0.0412. The van der Waals surface area contributed by atoms with E-state index in [1.165, 1.54) is 11.6 Å². The van der Waals surface area contributed by atoms with Crippen LogP contribution in [0.5, 0.6) is 0 Å². The van der Waals surface area contributed by atoms with Crippen LogP contribution < -0.4 is 22.1 Å². The molecule has 0 bridgehead atoms. The Bertz CT molecular complexity index is 1400. The highest BCUT2D eigenvalue weighted by Gasteiger charge is 2.56. The van der Waals surface area contributed by atoms with Gasteiger partial charge in [0, 0.05) is 24.8 Å². The molecule has 8 N–H and O–H groups in total. The molecule has 2 aliphatic rings. The number of nitrogens with zero attached hydrogens (tertiary/aromatic N) is 6. The molecule has 2 atom stereocenters. The van der Waals surface area contributed by atoms with Gasteiger partial charge in [-0.2, -0.15) is 23.4 Å². The molecule has 1 aliphatic heterocycles. The summed E-state index contributed by atoms with van der Waals surface area (Å²) in [6.07, 6.45) is 3.54. The number of rotatable bonds is 15. The zero-order valence-corrected chi connectivity index (χ0v) is 22.6. The first kappa shape index (κ1) is 29.3. The molecule has 1 saturated carbocycles. The molecule has 4 rings (SSSR count). The van der Waals surface area contributed by atoms with Gasteiger partial charge in [-0.05, 0) is 25.9 Å². The lowest BCUT2D eigenvalue weighted by Crippen LogP contribution is -2.73. The monoisotopic (exact) mass is 600 g/mol. The van der Waals surface area contributed by atoms with Crippen LogP contribution in [-0.2, 0) is 42.6 Å². The number of β-lactam (4-membered cyclic amide) rings is 1. The van der Waals surface area contributed by atoms with Crippen LogP contribution in [0.1, 0.15) is 37.1 Å². The minimum Gasteiger partial charge on any atom is -0.478 e. The van der Waals surface area contributed by atoms with Crippen LogP contribution in [0.15, 0.2) is 16.7 Å². The summed E-state index contributed by atoms with van der Waals surface area (Å²) >= 11 is 0.978. The first-order valence-electron chi connectivity index (χ1n) is 12.1. The second-order valence-electron chi connectivity index (χ2n) is 9.10. The van der Waals surface area contributed by atoms with Gasteiger partial charge in [0.25, 0.3) is 11.8 Å². The lowest BCUT2D eigenvalue weighted by Gasteiger charge is -2.43. The van der Waals surface area contributed by atoms with Gasteiger partial charge in [0.2, 0.25) is 5.60 Å². The van der Waals surface area contributed by atoms with Crippen molar-refractivity contribution in [3.63, 3.8) is 0 Å². The Kier molecular flexibility index (Phi) is 8.63. The second-order valence-corrected chi connectivity index (χ2v) is 11.3. The van der Waals surface area contributed by atoms with Crippen molar-refractivity contribution < 1.29 is 37.3 Å². The Labute approximate surface area is 231 Å². The molecule has 20 heteroatoms. The molecule has 218 valence electrons. The number of carbonyl (C=O) groups excluding carboxylic acids is 2. The Hall–Kier alpha value is -3.72. The molecule has 2 amide bonds.